The van der Waals surface area contributed by atoms with E-state index in [0.717, 1.165) is 56.7 Å². The lowest BCUT2D eigenvalue weighted by atomic mass is 10.1. The van der Waals surface area contributed by atoms with Gasteiger partial charge in [0.2, 0.25) is 5.91 Å². The molecule has 1 saturated heterocycles. The Morgan fingerprint density at radius 3 is 2.44 bits per heavy atom. The Morgan fingerprint density at radius 2 is 1.85 bits per heavy atom. The van der Waals surface area contributed by atoms with Crippen LogP contribution in [-0.4, -0.2) is 42.7 Å². The topological polar surface area (TPSA) is 80.5 Å². The van der Waals surface area contributed by atoms with E-state index in [1.54, 1.807) is 0 Å². The van der Waals surface area contributed by atoms with Gasteiger partial charge in [-0.15, -0.1) is 24.8 Å². The van der Waals surface area contributed by atoms with Crippen LogP contribution >= 0.6 is 24.8 Å². The second kappa shape index (κ2) is 14.0. The van der Waals surface area contributed by atoms with Gasteiger partial charge in [-0.2, -0.15) is 0 Å². The number of anilines is 1. The number of carbonyl (C=O) groups excluding carboxylic acids is 1. The van der Waals surface area contributed by atoms with Crippen LogP contribution in [0.2, 0.25) is 0 Å². The van der Waals surface area contributed by atoms with Crippen molar-refractivity contribution in [3.8, 4) is 0 Å². The average molecular weight is 421 g/mol. The molecule has 1 aliphatic rings. The van der Waals surface area contributed by atoms with Crippen LogP contribution in [0, 0.1) is 0 Å². The van der Waals surface area contributed by atoms with Crippen LogP contribution in [0.5, 0.6) is 0 Å². The van der Waals surface area contributed by atoms with Crippen molar-refractivity contribution >= 4 is 36.5 Å². The summed E-state index contributed by atoms with van der Waals surface area (Å²) in [6, 6.07) is 4.06. The first kappa shape index (κ1) is 25.9. The molecule has 2 atom stereocenters. The lowest BCUT2D eigenvalue weighted by Gasteiger charge is -2.36. The van der Waals surface area contributed by atoms with Gasteiger partial charge in [-0.05, 0) is 44.9 Å². The first-order valence-corrected chi connectivity index (χ1v) is 9.40. The number of amides is 1. The molecule has 1 aromatic rings. The molecule has 0 radical (unpaired) electrons. The highest BCUT2D eigenvalue weighted by atomic mass is 35.5. The molecule has 2 rings (SSSR count). The van der Waals surface area contributed by atoms with Gasteiger partial charge in [-0.3, -0.25) is 4.79 Å². The van der Waals surface area contributed by atoms with Crippen molar-refractivity contribution in [3.05, 3.63) is 23.9 Å². The highest BCUT2D eigenvalue weighted by Crippen LogP contribution is 2.18. The van der Waals surface area contributed by atoms with Gasteiger partial charge in [-0.25, -0.2) is 4.98 Å². The van der Waals surface area contributed by atoms with Crippen molar-refractivity contribution in [1.82, 2.24) is 10.3 Å². The highest BCUT2D eigenvalue weighted by molar-refractivity contribution is 5.85. The number of hydrogen-bond donors (Lipinski definition) is 2. The number of pyridine rings is 1. The van der Waals surface area contributed by atoms with E-state index in [9.17, 15) is 4.79 Å². The van der Waals surface area contributed by atoms with Crippen molar-refractivity contribution in [3.63, 3.8) is 0 Å². The molecule has 0 saturated carbocycles. The summed E-state index contributed by atoms with van der Waals surface area (Å²) in [5.74, 6) is 1.07. The summed E-state index contributed by atoms with van der Waals surface area (Å²) >= 11 is 0. The molecule has 1 aliphatic heterocycles. The fourth-order valence-corrected chi connectivity index (χ4v) is 3.15. The number of halogens is 2. The highest BCUT2D eigenvalue weighted by Gasteiger charge is 2.22. The molecule has 0 spiro atoms. The van der Waals surface area contributed by atoms with Crippen LogP contribution in [0.25, 0.3) is 0 Å². The van der Waals surface area contributed by atoms with E-state index < -0.39 is 0 Å². The van der Waals surface area contributed by atoms with Crippen molar-refractivity contribution in [2.75, 3.05) is 24.5 Å². The van der Waals surface area contributed by atoms with Crippen molar-refractivity contribution in [2.45, 2.75) is 64.7 Å². The van der Waals surface area contributed by atoms with Crippen LogP contribution in [-0.2, 0) is 16.1 Å². The number of ether oxygens (including phenoxy) is 1. The van der Waals surface area contributed by atoms with Crippen LogP contribution < -0.4 is 16.0 Å². The van der Waals surface area contributed by atoms with E-state index in [1.807, 2.05) is 18.3 Å². The maximum absolute atomic E-state index is 11.9. The molecule has 3 N–H and O–H groups in total. The van der Waals surface area contributed by atoms with Gasteiger partial charge < -0.3 is 20.7 Å². The van der Waals surface area contributed by atoms with Crippen LogP contribution in [0.4, 0.5) is 5.82 Å². The Labute approximate surface area is 175 Å². The molecule has 1 aromatic heterocycles. The lowest BCUT2D eigenvalue weighted by molar-refractivity contribution is -0.121. The summed E-state index contributed by atoms with van der Waals surface area (Å²) in [6.45, 7) is 7.16. The number of nitrogens with zero attached hydrogens (tertiary/aromatic N) is 2. The summed E-state index contributed by atoms with van der Waals surface area (Å²) in [6.07, 6.45) is 7.01. The second-order valence-corrected chi connectivity index (χ2v) is 6.92. The summed E-state index contributed by atoms with van der Waals surface area (Å²) in [5, 5.41) is 2.97. The average Bonchev–Trinajstić information content (AvgIpc) is 2.59. The van der Waals surface area contributed by atoms with Crippen molar-refractivity contribution in [1.29, 1.82) is 0 Å². The minimum atomic E-state index is 0. The molecule has 6 nitrogen and oxygen atoms in total. The number of carbonyl (C=O) groups is 1. The van der Waals surface area contributed by atoms with E-state index in [2.05, 4.69) is 29.0 Å². The van der Waals surface area contributed by atoms with Crippen LogP contribution in [0.3, 0.4) is 0 Å². The van der Waals surface area contributed by atoms with Gasteiger partial charge in [0, 0.05) is 32.3 Å². The molecule has 0 aromatic carbocycles. The maximum atomic E-state index is 11.9. The Bertz CT molecular complexity index is 521. The van der Waals surface area contributed by atoms with Gasteiger partial charge in [0.15, 0.2) is 0 Å². The Balaban J connectivity index is 0.00000338. The quantitative estimate of drug-likeness (QED) is 0.599. The zero-order chi connectivity index (χ0) is 18.1. The third-order valence-corrected chi connectivity index (χ3v) is 4.40. The molecule has 0 aliphatic carbocycles. The molecule has 8 heteroatoms. The monoisotopic (exact) mass is 420 g/mol. The molecule has 2 heterocycles. The van der Waals surface area contributed by atoms with Crippen LogP contribution in [0.15, 0.2) is 18.3 Å². The predicted octanol–water partition coefficient (Wildman–Crippen LogP) is 3.06. The molecular formula is C19H34Cl2N4O2. The zero-order valence-corrected chi connectivity index (χ0v) is 18.0. The summed E-state index contributed by atoms with van der Waals surface area (Å²) < 4.78 is 5.76. The van der Waals surface area contributed by atoms with Crippen molar-refractivity contribution in [2.24, 2.45) is 5.73 Å². The second-order valence-electron chi connectivity index (χ2n) is 6.92. The fourth-order valence-electron chi connectivity index (χ4n) is 3.15. The molecule has 0 bridgehead atoms. The number of morpholine rings is 1. The van der Waals surface area contributed by atoms with Crippen molar-refractivity contribution < 1.29 is 9.53 Å². The normalized spacial score (nSPS) is 19.0. The molecule has 156 valence electrons. The van der Waals surface area contributed by atoms with Gasteiger partial charge in [0.05, 0.1) is 12.2 Å². The first-order valence-electron chi connectivity index (χ1n) is 9.40. The van der Waals surface area contributed by atoms with E-state index in [0.29, 0.717) is 13.0 Å². The van der Waals surface area contributed by atoms with Gasteiger partial charge in [0.25, 0.3) is 0 Å². The molecule has 1 fully saturated rings. The van der Waals surface area contributed by atoms with Gasteiger partial charge in [0.1, 0.15) is 5.82 Å². The smallest absolute Gasteiger partial charge is 0.220 e. The summed E-state index contributed by atoms with van der Waals surface area (Å²) in [4.78, 5) is 18.7. The van der Waals surface area contributed by atoms with E-state index >= 15 is 0 Å². The maximum Gasteiger partial charge on any atom is 0.220 e. The number of nitrogens with one attached hydrogen (secondary N) is 1. The Morgan fingerprint density at radius 1 is 1.19 bits per heavy atom. The minimum Gasteiger partial charge on any atom is -0.372 e. The van der Waals surface area contributed by atoms with Gasteiger partial charge >= 0.3 is 0 Å². The number of rotatable bonds is 9. The third kappa shape index (κ3) is 9.60. The number of nitrogens with two attached hydrogens (primary N) is 1. The van der Waals surface area contributed by atoms with Crippen LogP contribution in [0.1, 0.15) is 51.5 Å². The zero-order valence-electron chi connectivity index (χ0n) is 16.4. The Kier molecular flexibility index (Phi) is 13.4. The number of hydrogen-bond acceptors (Lipinski definition) is 5. The molecule has 1 amide bonds. The number of aromatic nitrogens is 1. The van der Waals surface area contributed by atoms with Gasteiger partial charge in [-0.1, -0.05) is 18.9 Å². The summed E-state index contributed by atoms with van der Waals surface area (Å²) in [5.41, 5.74) is 6.48. The van der Waals surface area contributed by atoms with E-state index in [4.69, 9.17) is 10.5 Å². The largest absolute Gasteiger partial charge is 0.372 e. The summed E-state index contributed by atoms with van der Waals surface area (Å²) in [7, 11) is 0. The van der Waals surface area contributed by atoms with E-state index in [-0.39, 0.29) is 42.9 Å². The molecule has 27 heavy (non-hydrogen) atoms. The standard InChI is InChI=1S/C19H32N4O2.2ClH/c1-15-13-23(14-16(2)25-15)18-9-8-17(11-21-18)12-22-19(24)7-5-3-4-6-10-20;;/h8-9,11,15-16H,3-7,10,12-14,20H2,1-2H3,(H,22,24);2*1H. The third-order valence-electron chi connectivity index (χ3n) is 4.40. The predicted molar refractivity (Wildman–Crippen MR) is 115 cm³/mol. The lowest BCUT2D eigenvalue weighted by Crippen LogP contribution is -2.45. The fraction of sp³-hybridized carbons (Fsp3) is 0.684. The Hall–Kier alpha value is -1.08. The van der Waals surface area contributed by atoms with E-state index in [1.165, 1.54) is 0 Å². The SMILES string of the molecule is CC1CN(c2ccc(CNC(=O)CCCCCCN)cn2)CC(C)O1.Cl.Cl. The molecular weight excluding hydrogens is 387 g/mol. The minimum absolute atomic E-state index is 0. The number of unbranched alkanes of at least 4 members (excludes halogenated alkanes) is 3. The molecule has 2 unspecified atom stereocenters. The first-order chi connectivity index (χ1) is 12.1.